The van der Waals surface area contributed by atoms with Gasteiger partial charge < -0.3 is 4.18 Å². The maximum Gasteiger partial charge on any atom is 0.534 e. The third-order valence-corrected chi connectivity index (χ3v) is 4.11. The molecule has 0 bridgehead atoms. The number of hydrogen-bond acceptors (Lipinski definition) is 3. The molecule has 0 saturated heterocycles. The second-order valence-corrected chi connectivity index (χ2v) is 7.46. The Hall–Kier alpha value is -1.76. The van der Waals surface area contributed by atoms with Gasteiger partial charge in [0.15, 0.2) is 0 Å². The summed E-state index contributed by atoms with van der Waals surface area (Å²) in [5.74, 6) is -0.346. The van der Waals surface area contributed by atoms with Crippen LogP contribution in [0.2, 0.25) is 0 Å². The van der Waals surface area contributed by atoms with Crippen LogP contribution in [0, 0.1) is 0 Å². The van der Waals surface area contributed by atoms with Crippen molar-refractivity contribution >= 4 is 20.9 Å². The van der Waals surface area contributed by atoms with E-state index in [4.69, 9.17) is 0 Å². The Kier molecular flexibility index (Phi) is 3.89. The lowest BCUT2D eigenvalue weighted by Gasteiger charge is -2.22. The van der Waals surface area contributed by atoms with Crippen LogP contribution in [0.15, 0.2) is 36.4 Å². The Labute approximate surface area is 126 Å². The Balaban J connectivity index is 2.63. The predicted octanol–water partition coefficient (Wildman–Crippen LogP) is 4.37. The highest BCUT2D eigenvalue weighted by Gasteiger charge is 2.48. The van der Waals surface area contributed by atoms with Gasteiger partial charge in [0.05, 0.1) is 0 Å². The fraction of sp³-hybridized carbons (Fsp3) is 0.333. The summed E-state index contributed by atoms with van der Waals surface area (Å²) >= 11 is 0. The summed E-state index contributed by atoms with van der Waals surface area (Å²) in [7, 11) is -5.68. The molecule has 2 rings (SSSR count). The molecule has 7 heteroatoms. The van der Waals surface area contributed by atoms with Gasteiger partial charge in [-0.05, 0) is 33.9 Å². The first-order valence-electron chi connectivity index (χ1n) is 6.46. The maximum atomic E-state index is 12.5. The first kappa shape index (κ1) is 16.6. The van der Waals surface area contributed by atoms with Crippen LogP contribution in [0.4, 0.5) is 13.2 Å². The van der Waals surface area contributed by atoms with Gasteiger partial charge in [0.2, 0.25) is 0 Å². The molecule has 0 radical (unpaired) electrons. The molecule has 0 unspecified atom stereocenters. The quantitative estimate of drug-likeness (QED) is 0.606. The Morgan fingerprint density at radius 1 is 1.00 bits per heavy atom. The molecule has 3 nitrogen and oxygen atoms in total. The first-order valence-corrected chi connectivity index (χ1v) is 7.87. The Morgan fingerprint density at radius 3 is 2.14 bits per heavy atom. The van der Waals surface area contributed by atoms with Crippen LogP contribution < -0.4 is 4.18 Å². The average molecular weight is 332 g/mol. The molecule has 0 spiro atoms. The first-order chi connectivity index (χ1) is 9.92. The highest BCUT2D eigenvalue weighted by atomic mass is 32.2. The van der Waals surface area contributed by atoms with Gasteiger partial charge in [-0.2, -0.15) is 21.6 Å². The van der Waals surface area contributed by atoms with Gasteiger partial charge >= 0.3 is 15.6 Å². The number of benzene rings is 2. The van der Waals surface area contributed by atoms with E-state index < -0.39 is 15.6 Å². The topological polar surface area (TPSA) is 43.4 Å². The van der Waals surface area contributed by atoms with E-state index in [2.05, 4.69) is 4.18 Å². The lowest BCUT2D eigenvalue weighted by molar-refractivity contribution is -0.0500. The van der Waals surface area contributed by atoms with Crippen molar-refractivity contribution in [3.63, 3.8) is 0 Å². The van der Waals surface area contributed by atoms with Crippen molar-refractivity contribution < 1.29 is 25.8 Å². The van der Waals surface area contributed by atoms with Crippen LogP contribution in [0.1, 0.15) is 26.3 Å². The summed E-state index contributed by atoms with van der Waals surface area (Å²) in [6.45, 7) is 5.66. The molecule has 0 atom stereocenters. The number of hydrogen-bond donors (Lipinski definition) is 0. The van der Waals surface area contributed by atoms with Crippen LogP contribution in [0.3, 0.4) is 0 Å². The Morgan fingerprint density at radius 2 is 1.59 bits per heavy atom. The molecule has 0 aliphatic rings. The molecule has 0 aliphatic heterocycles. The van der Waals surface area contributed by atoms with Crippen molar-refractivity contribution in [3.8, 4) is 5.75 Å². The van der Waals surface area contributed by atoms with Gasteiger partial charge in [0.1, 0.15) is 5.75 Å². The third kappa shape index (κ3) is 3.19. The molecule has 22 heavy (non-hydrogen) atoms. The van der Waals surface area contributed by atoms with Crippen LogP contribution >= 0.6 is 0 Å². The minimum atomic E-state index is -5.68. The molecular formula is C15H15F3O3S. The highest BCUT2D eigenvalue weighted by Crippen LogP contribution is 2.35. The van der Waals surface area contributed by atoms with E-state index in [1.54, 1.807) is 12.1 Å². The van der Waals surface area contributed by atoms with E-state index in [9.17, 15) is 21.6 Å². The predicted molar refractivity (Wildman–Crippen MR) is 78.3 cm³/mol. The summed E-state index contributed by atoms with van der Waals surface area (Å²) in [4.78, 5) is 0. The molecule has 120 valence electrons. The van der Waals surface area contributed by atoms with E-state index in [-0.39, 0.29) is 11.2 Å². The summed E-state index contributed by atoms with van der Waals surface area (Å²) in [6, 6.07) is 9.68. The molecule has 0 N–H and O–H groups in total. The monoisotopic (exact) mass is 332 g/mol. The summed E-state index contributed by atoms with van der Waals surface area (Å²) < 4.78 is 64.0. The summed E-state index contributed by atoms with van der Waals surface area (Å²) in [5.41, 5.74) is -5.14. The number of alkyl halides is 3. The minimum absolute atomic E-state index is 0.346. The molecule has 0 saturated carbocycles. The van der Waals surface area contributed by atoms with Crippen molar-refractivity contribution in [1.82, 2.24) is 0 Å². The zero-order chi connectivity index (χ0) is 16.8. The molecule has 0 fully saturated rings. The van der Waals surface area contributed by atoms with E-state index in [0.717, 1.165) is 5.39 Å². The number of fused-ring (bicyclic) bond motifs is 1. The van der Waals surface area contributed by atoms with E-state index in [0.29, 0.717) is 10.9 Å². The maximum absolute atomic E-state index is 12.5. The third-order valence-electron chi connectivity index (χ3n) is 3.13. The number of rotatable bonds is 2. The highest BCUT2D eigenvalue weighted by molar-refractivity contribution is 7.88. The van der Waals surface area contributed by atoms with Crippen LogP contribution in [-0.2, 0) is 15.5 Å². The van der Waals surface area contributed by atoms with Crippen molar-refractivity contribution in [3.05, 3.63) is 42.0 Å². The number of halogens is 3. The van der Waals surface area contributed by atoms with Crippen LogP contribution in [0.25, 0.3) is 10.8 Å². The van der Waals surface area contributed by atoms with Gasteiger partial charge in [-0.25, -0.2) is 0 Å². The molecule has 0 heterocycles. The normalized spacial score (nSPS) is 13.4. The SMILES string of the molecule is CC(C)(C)c1cc(OS(=O)(=O)C(F)(F)F)cc2ccccc12. The minimum Gasteiger partial charge on any atom is -0.376 e. The molecule has 0 aliphatic carbocycles. The average Bonchev–Trinajstić information content (AvgIpc) is 2.34. The summed E-state index contributed by atoms with van der Waals surface area (Å²) in [6.07, 6.45) is 0. The van der Waals surface area contributed by atoms with Gasteiger partial charge in [-0.3, -0.25) is 0 Å². The molecule has 2 aromatic rings. The zero-order valence-electron chi connectivity index (χ0n) is 12.2. The van der Waals surface area contributed by atoms with Crippen LogP contribution in [0.5, 0.6) is 5.75 Å². The zero-order valence-corrected chi connectivity index (χ0v) is 13.0. The lowest BCUT2D eigenvalue weighted by atomic mass is 9.83. The van der Waals surface area contributed by atoms with Crippen molar-refractivity contribution in [1.29, 1.82) is 0 Å². The summed E-state index contributed by atoms with van der Waals surface area (Å²) in [5, 5.41) is 1.45. The standard InChI is InChI=1S/C15H15F3O3S/c1-14(2,3)13-9-11(21-22(19,20)15(16,17)18)8-10-6-4-5-7-12(10)13/h4-9H,1-3H3. The van der Waals surface area contributed by atoms with Gasteiger partial charge in [-0.15, -0.1) is 0 Å². The van der Waals surface area contributed by atoms with Crippen molar-refractivity contribution in [2.75, 3.05) is 0 Å². The smallest absolute Gasteiger partial charge is 0.376 e. The second-order valence-electron chi connectivity index (χ2n) is 5.93. The van der Waals surface area contributed by atoms with Crippen LogP contribution in [-0.4, -0.2) is 13.9 Å². The van der Waals surface area contributed by atoms with E-state index in [1.807, 2.05) is 32.9 Å². The molecule has 2 aromatic carbocycles. The fourth-order valence-electron chi connectivity index (χ4n) is 2.13. The molecule has 0 amide bonds. The van der Waals surface area contributed by atoms with Gasteiger partial charge in [-0.1, -0.05) is 45.0 Å². The van der Waals surface area contributed by atoms with Gasteiger partial charge in [0.25, 0.3) is 0 Å². The van der Waals surface area contributed by atoms with Crippen molar-refractivity contribution in [2.45, 2.75) is 31.7 Å². The largest absolute Gasteiger partial charge is 0.534 e. The second kappa shape index (κ2) is 5.15. The van der Waals surface area contributed by atoms with Crippen molar-refractivity contribution in [2.24, 2.45) is 0 Å². The lowest BCUT2D eigenvalue weighted by Crippen LogP contribution is -2.28. The molecular weight excluding hydrogens is 317 g/mol. The van der Waals surface area contributed by atoms with Gasteiger partial charge in [0, 0.05) is 0 Å². The fourth-order valence-corrected chi connectivity index (χ4v) is 2.57. The van der Waals surface area contributed by atoms with E-state index >= 15 is 0 Å². The molecule has 0 aromatic heterocycles. The Bertz CT molecular complexity index is 803. The van der Waals surface area contributed by atoms with E-state index in [1.165, 1.54) is 12.1 Å².